The van der Waals surface area contributed by atoms with Crippen molar-refractivity contribution in [3.05, 3.63) is 81.9 Å². The Morgan fingerprint density at radius 3 is 2.75 bits per heavy atom. The quantitative estimate of drug-likeness (QED) is 0.347. The van der Waals surface area contributed by atoms with E-state index in [4.69, 9.17) is 0 Å². The van der Waals surface area contributed by atoms with E-state index in [-0.39, 0.29) is 17.5 Å². The Bertz CT molecular complexity index is 940. The molecule has 0 saturated carbocycles. The zero-order chi connectivity index (χ0) is 19.9. The lowest BCUT2D eigenvalue weighted by molar-refractivity contribution is -0.384. The van der Waals surface area contributed by atoms with Crippen LogP contribution in [-0.2, 0) is 9.59 Å². The number of nitrogens with one attached hydrogen (secondary N) is 2. The molecule has 0 aliphatic carbocycles. The fourth-order valence-electron chi connectivity index (χ4n) is 3.04. The van der Waals surface area contributed by atoms with Crippen LogP contribution in [0.1, 0.15) is 17.0 Å². The maximum Gasteiger partial charge on any atom is 0.270 e. The first-order chi connectivity index (χ1) is 13.6. The minimum Gasteiger partial charge on any atom is -0.355 e. The standard InChI is InChI=1S/C20H18N4O4/c25-19-18(17(13-21-19)15-8-2-1-3-9-15)20(26)23-22-11-5-7-14-6-4-10-16(12-14)24(27)28/h1-12,17-18H,13H2,(H,21,25)(H,23,26)/b7-5+,22-11+/t17-,18-/m0/s1. The van der Waals surface area contributed by atoms with Crippen molar-refractivity contribution in [2.75, 3.05) is 6.54 Å². The number of nitro benzene ring substituents is 1. The number of nitro groups is 1. The van der Waals surface area contributed by atoms with Crippen LogP contribution in [0.2, 0.25) is 0 Å². The van der Waals surface area contributed by atoms with E-state index in [9.17, 15) is 19.7 Å². The summed E-state index contributed by atoms with van der Waals surface area (Å²) in [6, 6.07) is 15.5. The number of carbonyl (C=O) groups excluding carboxylic acids is 2. The molecule has 0 spiro atoms. The van der Waals surface area contributed by atoms with E-state index >= 15 is 0 Å². The summed E-state index contributed by atoms with van der Waals surface area (Å²) in [5.74, 6) is -1.90. The first kappa shape index (κ1) is 19.0. The Morgan fingerprint density at radius 1 is 1.21 bits per heavy atom. The minimum absolute atomic E-state index is 0.00779. The number of nitrogens with zero attached hydrogens (tertiary/aromatic N) is 2. The maximum atomic E-state index is 12.4. The molecular formula is C20H18N4O4. The molecule has 28 heavy (non-hydrogen) atoms. The van der Waals surface area contributed by atoms with Gasteiger partial charge in [0, 0.05) is 30.8 Å². The van der Waals surface area contributed by atoms with E-state index < -0.39 is 16.7 Å². The number of carbonyl (C=O) groups is 2. The molecular weight excluding hydrogens is 360 g/mol. The van der Waals surface area contributed by atoms with Gasteiger partial charge in [-0.25, -0.2) is 5.43 Å². The van der Waals surface area contributed by atoms with Gasteiger partial charge in [0.2, 0.25) is 5.91 Å². The summed E-state index contributed by atoms with van der Waals surface area (Å²) in [6.45, 7) is 0.400. The second-order valence-corrected chi connectivity index (χ2v) is 6.21. The monoisotopic (exact) mass is 378 g/mol. The average molecular weight is 378 g/mol. The highest BCUT2D eigenvalue weighted by Crippen LogP contribution is 2.28. The molecule has 2 N–H and O–H groups in total. The highest BCUT2D eigenvalue weighted by atomic mass is 16.6. The Labute approximate surface area is 161 Å². The second-order valence-electron chi connectivity index (χ2n) is 6.21. The molecule has 2 aromatic rings. The number of non-ortho nitro benzene ring substituents is 1. The van der Waals surface area contributed by atoms with Crippen molar-refractivity contribution in [3.63, 3.8) is 0 Å². The fourth-order valence-corrected chi connectivity index (χ4v) is 3.04. The third-order valence-corrected chi connectivity index (χ3v) is 4.40. The highest BCUT2D eigenvalue weighted by molar-refractivity contribution is 6.03. The third-order valence-electron chi connectivity index (χ3n) is 4.40. The molecule has 2 aromatic carbocycles. The van der Waals surface area contributed by atoms with Gasteiger partial charge in [0.25, 0.3) is 11.6 Å². The minimum atomic E-state index is -0.847. The molecule has 2 atom stereocenters. The first-order valence-electron chi connectivity index (χ1n) is 8.63. The Hall–Kier alpha value is -3.81. The summed E-state index contributed by atoms with van der Waals surface area (Å²) < 4.78 is 0. The van der Waals surface area contributed by atoms with Crippen molar-refractivity contribution in [2.45, 2.75) is 5.92 Å². The molecule has 8 nitrogen and oxygen atoms in total. The molecule has 0 aromatic heterocycles. The van der Waals surface area contributed by atoms with Crippen LogP contribution >= 0.6 is 0 Å². The van der Waals surface area contributed by atoms with Gasteiger partial charge < -0.3 is 5.32 Å². The van der Waals surface area contributed by atoms with E-state index in [1.54, 1.807) is 24.3 Å². The number of benzene rings is 2. The summed E-state index contributed by atoms with van der Waals surface area (Å²) in [7, 11) is 0. The van der Waals surface area contributed by atoms with Crippen molar-refractivity contribution in [2.24, 2.45) is 11.0 Å². The van der Waals surface area contributed by atoms with Crippen LogP contribution in [0.25, 0.3) is 6.08 Å². The van der Waals surface area contributed by atoms with Crippen LogP contribution in [0.15, 0.2) is 65.8 Å². The van der Waals surface area contributed by atoms with Crippen LogP contribution in [-0.4, -0.2) is 29.5 Å². The first-order valence-corrected chi connectivity index (χ1v) is 8.63. The number of hydrogen-bond donors (Lipinski definition) is 2. The maximum absolute atomic E-state index is 12.4. The van der Waals surface area contributed by atoms with Crippen molar-refractivity contribution in [1.29, 1.82) is 0 Å². The van der Waals surface area contributed by atoms with E-state index in [1.165, 1.54) is 18.3 Å². The van der Waals surface area contributed by atoms with Gasteiger partial charge in [0.15, 0.2) is 0 Å². The molecule has 142 valence electrons. The lowest BCUT2D eigenvalue weighted by Crippen LogP contribution is -2.34. The molecule has 1 aliphatic heterocycles. The van der Waals surface area contributed by atoms with Crippen molar-refractivity contribution >= 4 is 29.8 Å². The van der Waals surface area contributed by atoms with Crippen LogP contribution in [0.3, 0.4) is 0 Å². The van der Waals surface area contributed by atoms with Gasteiger partial charge in [0.05, 0.1) is 4.92 Å². The highest BCUT2D eigenvalue weighted by Gasteiger charge is 2.40. The predicted octanol–water partition coefficient (Wildman–Crippen LogP) is 2.24. The van der Waals surface area contributed by atoms with E-state index in [0.29, 0.717) is 12.1 Å². The summed E-state index contributed by atoms with van der Waals surface area (Å²) in [6.07, 6.45) is 4.52. The Morgan fingerprint density at radius 2 is 2.00 bits per heavy atom. The number of rotatable bonds is 6. The van der Waals surface area contributed by atoms with Gasteiger partial charge >= 0.3 is 0 Å². The van der Waals surface area contributed by atoms with Crippen LogP contribution in [0.4, 0.5) is 5.69 Å². The third kappa shape index (κ3) is 4.47. The van der Waals surface area contributed by atoms with Crippen LogP contribution in [0, 0.1) is 16.0 Å². The van der Waals surface area contributed by atoms with Crippen molar-refractivity contribution in [3.8, 4) is 0 Å². The number of hydrogen-bond acceptors (Lipinski definition) is 5. The summed E-state index contributed by atoms with van der Waals surface area (Å²) in [4.78, 5) is 34.8. The van der Waals surface area contributed by atoms with E-state index in [2.05, 4.69) is 15.8 Å². The normalized spacial score (nSPS) is 19.1. The van der Waals surface area contributed by atoms with Gasteiger partial charge in [-0.2, -0.15) is 5.10 Å². The van der Waals surface area contributed by atoms with Gasteiger partial charge in [0.1, 0.15) is 5.92 Å². The molecule has 8 heteroatoms. The lowest BCUT2D eigenvalue weighted by Gasteiger charge is -2.15. The molecule has 2 amide bonds. The zero-order valence-corrected chi connectivity index (χ0v) is 14.8. The molecule has 1 fully saturated rings. The summed E-state index contributed by atoms with van der Waals surface area (Å²) >= 11 is 0. The topological polar surface area (TPSA) is 114 Å². The molecule has 0 radical (unpaired) electrons. The van der Waals surface area contributed by atoms with Gasteiger partial charge in [-0.15, -0.1) is 0 Å². The number of hydrazone groups is 1. The average Bonchev–Trinajstić information content (AvgIpc) is 3.10. The largest absolute Gasteiger partial charge is 0.355 e. The van der Waals surface area contributed by atoms with Crippen LogP contribution < -0.4 is 10.7 Å². The van der Waals surface area contributed by atoms with Gasteiger partial charge in [-0.05, 0) is 17.2 Å². The molecule has 1 heterocycles. The van der Waals surface area contributed by atoms with E-state index in [0.717, 1.165) is 5.56 Å². The Kier molecular flexibility index (Phi) is 5.91. The zero-order valence-electron chi connectivity index (χ0n) is 14.8. The summed E-state index contributed by atoms with van der Waals surface area (Å²) in [5, 5.41) is 17.3. The van der Waals surface area contributed by atoms with Crippen molar-refractivity contribution in [1.82, 2.24) is 10.7 Å². The van der Waals surface area contributed by atoms with E-state index in [1.807, 2.05) is 30.3 Å². The smallest absolute Gasteiger partial charge is 0.270 e. The molecule has 3 rings (SSSR count). The molecule has 0 bridgehead atoms. The lowest BCUT2D eigenvalue weighted by atomic mass is 9.88. The number of allylic oxidation sites excluding steroid dienone is 1. The summed E-state index contributed by atoms with van der Waals surface area (Å²) in [5.41, 5.74) is 3.92. The second kappa shape index (κ2) is 8.72. The predicted molar refractivity (Wildman–Crippen MR) is 104 cm³/mol. The SMILES string of the molecule is O=C1NC[C@@H](c2ccccc2)[C@@H]1C(=O)N/N=C/C=C/c1cccc([N+](=O)[O-])c1. The van der Waals surface area contributed by atoms with Gasteiger partial charge in [-0.3, -0.25) is 19.7 Å². The van der Waals surface area contributed by atoms with Gasteiger partial charge in [-0.1, -0.05) is 48.5 Å². The fraction of sp³-hybridized carbons (Fsp3) is 0.150. The Balaban J connectivity index is 1.60. The van der Waals surface area contributed by atoms with Crippen LogP contribution in [0.5, 0.6) is 0 Å². The molecule has 1 saturated heterocycles. The molecule has 0 unspecified atom stereocenters. The molecule has 1 aliphatic rings. The number of amides is 2. The van der Waals surface area contributed by atoms with Crippen molar-refractivity contribution < 1.29 is 14.5 Å².